The molecular formula is C24H22N4O5. The lowest BCUT2D eigenvalue weighted by Crippen LogP contribution is -2.45. The van der Waals surface area contributed by atoms with Gasteiger partial charge >= 0.3 is 18.0 Å². The Balaban J connectivity index is 1.63. The molecule has 0 aliphatic carbocycles. The van der Waals surface area contributed by atoms with Crippen molar-refractivity contribution < 1.29 is 23.9 Å². The average molecular weight is 446 g/mol. The summed E-state index contributed by atoms with van der Waals surface area (Å²) < 4.78 is 12.1. The van der Waals surface area contributed by atoms with Gasteiger partial charge in [-0.05, 0) is 19.1 Å². The molecule has 33 heavy (non-hydrogen) atoms. The summed E-state index contributed by atoms with van der Waals surface area (Å²) in [7, 11) is 0. The van der Waals surface area contributed by atoms with Crippen molar-refractivity contribution in [2.24, 2.45) is 0 Å². The van der Waals surface area contributed by atoms with Crippen molar-refractivity contribution in [3.63, 3.8) is 0 Å². The van der Waals surface area contributed by atoms with Crippen LogP contribution < -0.4 is 10.6 Å². The zero-order chi connectivity index (χ0) is 23.2. The van der Waals surface area contributed by atoms with Crippen molar-refractivity contribution in [2.75, 3.05) is 19.8 Å². The minimum Gasteiger partial charge on any atom is -0.463 e. The van der Waals surface area contributed by atoms with Gasteiger partial charge in [-0.1, -0.05) is 48.5 Å². The van der Waals surface area contributed by atoms with Gasteiger partial charge in [0.25, 0.3) is 0 Å². The number of urea groups is 1. The normalized spacial score (nSPS) is 13.2. The number of carbonyl (C=O) groups excluding carboxylic acids is 3. The Morgan fingerprint density at radius 3 is 2.39 bits per heavy atom. The Hall–Kier alpha value is -4.40. The Kier molecular flexibility index (Phi) is 6.49. The van der Waals surface area contributed by atoms with Gasteiger partial charge in [-0.3, -0.25) is 0 Å². The Morgan fingerprint density at radius 1 is 1.00 bits per heavy atom. The molecule has 9 nitrogen and oxygen atoms in total. The molecule has 2 amide bonds. The number of nitrogens with one attached hydrogen (secondary N) is 2. The van der Waals surface area contributed by atoms with Gasteiger partial charge in [0.05, 0.1) is 30.1 Å². The molecule has 1 aliphatic heterocycles. The third kappa shape index (κ3) is 4.93. The van der Waals surface area contributed by atoms with E-state index in [9.17, 15) is 14.4 Å². The number of hydrogen-bond donors (Lipinski definition) is 2. The molecule has 0 fully saturated rings. The number of hydrogen-bond acceptors (Lipinski definition) is 6. The molecule has 0 unspecified atom stereocenters. The number of ether oxygens (including phenoxy) is 2. The van der Waals surface area contributed by atoms with Crippen LogP contribution in [0.5, 0.6) is 0 Å². The molecule has 2 aromatic carbocycles. The summed E-state index contributed by atoms with van der Waals surface area (Å²) >= 11 is 0. The van der Waals surface area contributed by atoms with Crippen molar-refractivity contribution in [2.45, 2.75) is 6.92 Å². The lowest BCUT2D eigenvalue weighted by atomic mass is 10.1. The molecule has 4 rings (SSSR count). The molecule has 0 saturated carbocycles. The van der Waals surface area contributed by atoms with Crippen LogP contribution in [0.4, 0.5) is 4.79 Å². The third-order valence-electron chi connectivity index (χ3n) is 4.93. The third-order valence-corrected chi connectivity index (χ3v) is 4.93. The molecule has 168 valence electrons. The van der Waals surface area contributed by atoms with Crippen LogP contribution in [-0.4, -0.2) is 47.5 Å². The fourth-order valence-corrected chi connectivity index (χ4v) is 3.33. The highest BCUT2D eigenvalue weighted by Gasteiger charge is 2.26. The molecule has 0 saturated heterocycles. The van der Waals surface area contributed by atoms with Gasteiger partial charge in [0.2, 0.25) is 0 Å². The summed E-state index contributed by atoms with van der Waals surface area (Å²) in [5.74, 6) is -1.22. The van der Waals surface area contributed by atoms with Crippen molar-refractivity contribution >= 4 is 18.0 Å². The Morgan fingerprint density at radius 2 is 1.70 bits per heavy atom. The smallest absolute Gasteiger partial charge is 0.342 e. The first kappa shape index (κ1) is 21.8. The van der Waals surface area contributed by atoms with Crippen molar-refractivity contribution in [1.29, 1.82) is 0 Å². The van der Waals surface area contributed by atoms with E-state index < -0.39 is 18.0 Å². The van der Waals surface area contributed by atoms with E-state index in [1.54, 1.807) is 17.8 Å². The highest BCUT2D eigenvalue weighted by molar-refractivity contribution is 5.97. The van der Waals surface area contributed by atoms with Crippen LogP contribution >= 0.6 is 0 Å². The summed E-state index contributed by atoms with van der Waals surface area (Å²) in [4.78, 5) is 37.0. The second kappa shape index (κ2) is 9.82. The van der Waals surface area contributed by atoms with E-state index in [4.69, 9.17) is 9.47 Å². The SMILES string of the molecule is CCOC(=O)C1=C(COC(=O)c2cn(-c3ccccc3)nc2-c2ccccc2)NC(=O)NC1. The minimum atomic E-state index is -0.639. The number of rotatable bonds is 7. The number of nitrogens with zero attached hydrogens (tertiary/aromatic N) is 2. The lowest BCUT2D eigenvalue weighted by Gasteiger charge is -2.21. The first-order valence-electron chi connectivity index (χ1n) is 10.4. The zero-order valence-corrected chi connectivity index (χ0v) is 17.9. The maximum absolute atomic E-state index is 13.1. The fourth-order valence-electron chi connectivity index (χ4n) is 3.33. The number of para-hydroxylation sites is 1. The topological polar surface area (TPSA) is 112 Å². The number of carbonyl (C=O) groups is 3. The summed E-state index contributed by atoms with van der Waals surface area (Å²) in [5.41, 5.74) is 2.63. The molecule has 0 atom stereocenters. The monoisotopic (exact) mass is 446 g/mol. The van der Waals surface area contributed by atoms with E-state index in [-0.39, 0.29) is 36.6 Å². The quantitative estimate of drug-likeness (QED) is 0.540. The van der Waals surface area contributed by atoms with Crippen molar-refractivity contribution in [1.82, 2.24) is 20.4 Å². The molecule has 0 spiro atoms. The van der Waals surface area contributed by atoms with Gasteiger partial charge in [-0.15, -0.1) is 0 Å². The number of benzene rings is 2. The highest BCUT2D eigenvalue weighted by Crippen LogP contribution is 2.24. The van der Waals surface area contributed by atoms with E-state index in [0.29, 0.717) is 5.69 Å². The van der Waals surface area contributed by atoms with E-state index in [0.717, 1.165) is 11.3 Å². The molecule has 1 aromatic heterocycles. The predicted molar refractivity (Wildman–Crippen MR) is 119 cm³/mol. The first-order chi connectivity index (χ1) is 16.1. The Bertz CT molecular complexity index is 1200. The summed E-state index contributed by atoms with van der Waals surface area (Å²) in [6.45, 7) is 1.55. The molecule has 0 radical (unpaired) electrons. The highest BCUT2D eigenvalue weighted by atomic mass is 16.5. The molecule has 1 aliphatic rings. The van der Waals surface area contributed by atoms with Crippen LogP contribution in [0.1, 0.15) is 17.3 Å². The summed E-state index contributed by atoms with van der Waals surface area (Å²) in [6, 6.07) is 18.2. The second-order valence-corrected chi connectivity index (χ2v) is 7.10. The largest absolute Gasteiger partial charge is 0.463 e. The summed E-state index contributed by atoms with van der Waals surface area (Å²) in [6.07, 6.45) is 1.60. The molecular weight excluding hydrogens is 424 g/mol. The van der Waals surface area contributed by atoms with Crippen molar-refractivity contribution in [3.05, 3.63) is 83.7 Å². The first-order valence-corrected chi connectivity index (χ1v) is 10.4. The van der Waals surface area contributed by atoms with Crippen LogP contribution in [0.25, 0.3) is 16.9 Å². The van der Waals surface area contributed by atoms with Crippen molar-refractivity contribution in [3.8, 4) is 16.9 Å². The van der Waals surface area contributed by atoms with Crippen LogP contribution in [-0.2, 0) is 14.3 Å². The number of aromatic nitrogens is 2. The molecule has 3 aromatic rings. The standard InChI is InChI=1S/C24H22N4O5/c1-2-32-22(29)18-13-25-24(31)26-20(18)15-33-23(30)19-14-28(17-11-7-4-8-12-17)27-21(19)16-9-5-3-6-10-16/h3-12,14H,2,13,15H2,1H3,(H2,25,26,31). The molecule has 2 heterocycles. The number of esters is 2. The van der Waals surface area contributed by atoms with Gasteiger partial charge in [-0.25, -0.2) is 19.1 Å². The zero-order valence-electron chi connectivity index (χ0n) is 17.9. The molecule has 2 N–H and O–H groups in total. The van der Waals surface area contributed by atoms with Gasteiger partial charge in [0.1, 0.15) is 17.9 Å². The van der Waals surface area contributed by atoms with Crippen LogP contribution in [0, 0.1) is 0 Å². The van der Waals surface area contributed by atoms with Gasteiger partial charge in [-0.2, -0.15) is 5.10 Å². The average Bonchev–Trinajstić information content (AvgIpc) is 3.29. The minimum absolute atomic E-state index is 0.0151. The lowest BCUT2D eigenvalue weighted by molar-refractivity contribution is -0.138. The maximum atomic E-state index is 13.1. The van der Waals surface area contributed by atoms with Gasteiger partial charge < -0.3 is 20.1 Å². The molecule has 0 bridgehead atoms. The fraction of sp³-hybridized carbons (Fsp3) is 0.167. The summed E-state index contributed by atoms with van der Waals surface area (Å²) in [5, 5.41) is 9.63. The molecule has 9 heteroatoms. The number of amides is 2. The Labute approximate surface area is 190 Å². The van der Waals surface area contributed by atoms with Crippen LogP contribution in [0.3, 0.4) is 0 Å². The maximum Gasteiger partial charge on any atom is 0.342 e. The van der Waals surface area contributed by atoms with E-state index >= 15 is 0 Å². The predicted octanol–water partition coefficient (Wildman–Crippen LogP) is 2.83. The van der Waals surface area contributed by atoms with E-state index in [2.05, 4.69) is 15.7 Å². The van der Waals surface area contributed by atoms with E-state index in [1.165, 1.54) is 0 Å². The van der Waals surface area contributed by atoms with Crippen LogP contribution in [0.2, 0.25) is 0 Å². The van der Waals surface area contributed by atoms with Crippen LogP contribution in [0.15, 0.2) is 78.1 Å². The van der Waals surface area contributed by atoms with E-state index in [1.807, 2.05) is 60.7 Å². The van der Waals surface area contributed by atoms with Gasteiger partial charge in [0.15, 0.2) is 0 Å². The second-order valence-electron chi connectivity index (χ2n) is 7.10. The van der Waals surface area contributed by atoms with Gasteiger partial charge in [0, 0.05) is 11.8 Å².